The number of amides is 1. The Bertz CT molecular complexity index is 1720. The summed E-state index contributed by atoms with van der Waals surface area (Å²) in [5.41, 5.74) is 10.7. The lowest BCUT2D eigenvalue weighted by atomic mass is 10.2. The number of primary amides is 1. The molecule has 13 nitrogen and oxygen atoms in total. The van der Waals surface area contributed by atoms with Crippen LogP contribution >= 0.6 is 0 Å². The molecule has 232 valence electrons. The van der Waals surface area contributed by atoms with Gasteiger partial charge in [-0.3, -0.25) is 14.4 Å². The molecule has 0 unspecified atom stereocenters. The maximum absolute atomic E-state index is 13.9. The Balaban J connectivity index is 1.62. The number of carbonyl (C=O) groups excluding carboxylic acids is 1. The second kappa shape index (κ2) is 12.3. The van der Waals surface area contributed by atoms with Crippen molar-refractivity contribution < 1.29 is 35.9 Å². The molecule has 0 atom stereocenters. The topological polar surface area (TPSA) is 174 Å². The highest BCUT2D eigenvalue weighted by Crippen LogP contribution is 2.38. The summed E-state index contributed by atoms with van der Waals surface area (Å²) in [7, 11) is 2.96. The molecule has 1 aromatic carbocycles. The third-order valence-electron chi connectivity index (χ3n) is 5.73. The normalized spacial score (nSPS) is 12.5. The first kappa shape index (κ1) is 31.3. The predicted molar refractivity (Wildman–Crippen MR) is 148 cm³/mol. The van der Waals surface area contributed by atoms with Gasteiger partial charge >= 0.3 is 12.5 Å². The fraction of sp³-hybridized carbons (Fsp3) is 0.200. The van der Waals surface area contributed by atoms with Gasteiger partial charge in [-0.05, 0) is 30.3 Å². The van der Waals surface area contributed by atoms with Crippen molar-refractivity contribution in [3.63, 3.8) is 0 Å². The number of pyridine rings is 1. The second-order valence-electron chi connectivity index (χ2n) is 8.90. The molecule has 6 N–H and O–H groups in total. The fourth-order valence-corrected chi connectivity index (χ4v) is 3.72. The maximum atomic E-state index is 13.9. The Kier molecular flexibility index (Phi) is 8.77. The number of allylic oxidation sites excluding steroid dienone is 1. The van der Waals surface area contributed by atoms with Crippen LogP contribution in [0.1, 0.15) is 5.56 Å². The van der Waals surface area contributed by atoms with Crippen LogP contribution in [-0.4, -0.2) is 56.6 Å². The number of anilines is 5. The molecule has 0 fully saturated rings. The highest BCUT2D eigenvalue weighted by atomic mass is 19.4. The van der Waals surface area contributed by atoms with Crippen LogP contribution in [-0.2, 0) is 18.0 Å². The maximum Gasteiger partial charge on any atom is 0.573 e. The molecule has 1 amide bonds. The van der Waals surface area contributed by atoms with Crippen LogP contribution in [0.25, 0.3) is 11.2 Å². The zero-order valence-corrected chi connectivity index (χ0v) is 22.8. The monoisotopic (exact) mass is 623 g/mol. The van der Waals surface area contributed by atoms with Gasteiger partial charge in [0, 0.05) is 38.4 Å². The van der Waals surface area contributed by atoms with Crippen molar-refractivity contribution in [2.24, 2.45) is 23.5 Å². The number of nitrogens with two attached hydrogens (primary N) is 2. The first-order chi connectivity index (χ1) is 20.6. The fourth-order valence-electron chi connectivity index (χ4n) is 3.72. The van der Waals surface area contributed by atoms with Crippen LogP contribution in [0.3, 0.4) is 0 Å². The second-order valence-corrected chi connectivity index (χ2v) is 8.90. The van der Waals surface area contributed by atoms with Gasteiger partial charge in [0.2, 0.25) is 17.8 Å². The van der Waals surface area contributed by atoms with Crippen molar-refractivity contribution in [1.82, 2.24) is 24.5 Å². The smallest absolute Gasteiger partial charge is 0.406 e. The molecule has 19 heteroatoms. The third-order valence-corrected chi connectivity index (χ3v) is 5.73. The van der Waals surface area contributed by atoms with Gasteiger partial charge in [-0.1, -0.05) is 0 Å². The molecule has 0 radical (unpaired) electrons. The van der Waals surface area contributed by atoms with Crippen LogP contribution in [0, 0.1) is 0 Å². The molecule has 3 aromatic heterocycles. The van der Waals surface area contributed by atoms with Crippen molar-refractivity contribution in [2.45, 2.75) is 12.5 Å². The summed E-state index contributed by atoms with van der Waals surface area (Å²) in [5.74, 6) is -1.65. The van der Waals surface area contributed by atoms with Gasteiger partial charge in [-0.15, -0.1) is 13.2 Å². The lowest BCUT2D eigenvalue weighted by Crippen LogP contribution is -2.20. The highest BCUT2D eigenvalue weighted by molar-refractivity contribution is 5.85. The minimum Gasteiger partial charge on any atom is -0.406 e. The average molecular weight is 624 g/mol. The molecule has 0 aliphatic rings. The number of imidazole rings is 1. The number of aromatic nitrogens is 5. The Morgan fingerprint density at radius 1 is 1.11 bits per heavy atom. The molecular weight excluding hydrogens is 600 g/mol. The van der Waals surface area contributed by atoms with E-state index in [0.29, 0.717) is 17.5 Å². The molecule has 44 heavy (non-hydrogen) atoms. The Labute approximate surface area is 244 Å². The summed E-state index contributed by atoms with van der Waals surface area (Å²) in [5, 5.41) is 5.57. The van der Waals surface area contributed by atoms with Gasteiger partial charge in [0.15, 0.2) is 11.5 Å². The van der Waals surface area contributed by atoms with E-state index in [1.807, 2.05) is 0 Å². The van der Waals surface area contributed by atoms with Crippen molar-refractivity contribution in [3.05, 3.63) is 60.2 Å². The number of aryl methyl sites for hydroxylation is 1. The lowest BCUT2D eigenvalue weighted by molar-refractivity contribution is -0.274. The Morgan fingerprint density at radius 3 is 2.43 bits per heavy atom. The molecule has 4 rings (SSSR count). The van der Waals surface area contributed by atoms with Crippen molar-refractivity contribution >= 4 is 52.4 Å². The van der Waals surface area contributed by atoms with Crippen LogP contribution in [0.5, 0.6) is 5.75 Å². The van der Waals surface area contributed by atoms with Gasteiger partial charge in [0.25, 0.3) is 0 Å². The van der Waals surface area contributed by atoms with Crippen LogP contribution < -0.4 is 31.7 Å². The molecule has 0 saturated heterocycles. The Hall–Kier alpha value is -5.62. The van der Waals surface area contributed by atoms with E-state index in [2.05, 4.69) is 40.3 Å². The van der Waals surface area contributed by atoms with Gasteiger partial charge in [-0.25, -0.2) is 15.0 Å². The number of alkyl halides is 6. The van der Waals surface area contributed by atoms with Gasteiger partial charge in [-0.2, -0.15) is 18.2 Å². The standard InChI is InChI=1S/C25H23F6N11O2/c1-41(20-17(24(26,27)28)11-36-22(40-20)37-14(8-32)9-34-12-19(33)43)15-7-18-21(35-10-15)42(2)23(39-18)38-13-3-5-16(6-4-13)44-25(29,30)31/h3-11H,12,32H2,1-2H3,(H2,33,43)(H,38,39)(H,36,37,40)/b14-8+,34-9?. The number of rotatable bonds is 10. The molecule has 3 heterocycles. The molecule has 0 aliphatic heterocycles. The largest absolute Gasteiger partial charge is 0.573 e. The first-order valence-electron chi connectivity index (χ1n) is 12.2. The number of fused-ring (bicyclic) bond motifs is 1. The van der Waals surface area contributed by atoms with E-state index in [4.69, 9.17) is 11.5 Å². The number of carbonyl (C=O) groups is 1. The van der Waals surface area contributed by atoms with Crippen molar-refractivity contribution in [1.29, 1.82) is 0 Å². The summed E-state index contributed by atoms with van der Waals surface area (Å²) < 4.78 is 84.5. The zero-order chi connectivity index (χ0) is 32.2. The minimum atomic E-state index is -4.83. The summed E-state index contributed by atoms with van der Waals surface area (Å²) in [4.78, 5) is 32.3. The highest BCUT2D eigenvalue weighted by Gasteiger charge is 2.37. The summed E-state index contributed by atoms with van der Waals surface area (Å²) in [6.45, 7) is -0.343. The van der Waals surface area contributed by atoms with E-state index >= 15 is 0 Å². The predicted octanol–water partition coefficient (Wildman–Crippen LogP) is 3.96. The summed E-state index contributed by atoms with van der Waals surface area (Å²) >= 11 is 0. The zero-order valence-electron chi connectivity index (χ0n) is 22.8. The van der Waals surface area contributed by atoms with Gasteiger partial charge in [0.1, 0.15) is 23.4 Å². The van der Waals surface area contributed by atoms with Crippen LogP contribution in [0.2, 0.25) is 0 Å². The Morgan fingerprint density at radius 2 is 1.82 bits per heavy atom. The third kappa shape index (κ3) is 7.61. The van der Waals surface area contributed by atoms with E-state index < -0.39 is 35.6 Å². The molecule has 0 saturated carbocycles. The van der Waals surface area contributed by atoms with Crippen LogP contribution in [0.4, 0.5) is 55.4 Å². The molecule has 0 spiro atoms. The van der Waals surface area contributed by atoms with Crippen LogP contribution in [0.15, 0.2) is 59.6 Å². The molecular formula is C25H23F6N11O2. The SMILES string of the molecule is CN(c1cnc2c(c1)nc(Nc1ccc(OC(F)(F)F)cc1)n2C)c1nc(N/C(C=NCC(N)=O)=C/N)ncc1C(F)(F)F. The van der Waals surface area contributed by atoms with Gasteiger partial charge < -0.3 is 31.7 Å². The summed E-state index contributed by atoms with van der Waals surface area (Å²) in [6.07, 6.45) is -5.56. The van der Waals surface area contributed by atoms with Gasteiger partial charge in [0.05, 0.1) is 17.6 Å². The van der Waals surface area contributed by atoms with Crippen molar-refractivity contribution in [2.75, 3.05) is 29.1 Å². The number of hydrogen-bond donors (Lipinski definition) is 4. The molecule has 4 aromatic rings. The van der Waals surface area contributed by atoms with E-state index in [0.717, 1.165) is 29.4 Å². The minimum absolute atomic E-state index is 0.0822. The van der Waals surface area contributed by atoms with E-state index in [9.17, 15) is 31.1 Å². The summed E-state index contributed by atoms with van der Waals surface area (Å²) in [6, 6.07) is 6.41. The lowest BCUT2D eigenvalue weighted by Gasteiger charge is -2.22. The van der Waals surface area contributed by atoms with Crippen molar-refractivity contribution in [3.8, 4) is 5.75 Å². The number of hydrogen-bond acceptors (Lipinski definition) is 11. The van der Waals surface area contributed by atoms with E-state index in [1.54, 1.807) is 11.6 Å². The quantitative estimate of drug-likeness (QED) is 0.150. The number of benzene rings is 1. The molecule has 0 bridgehead atoms. The number of nitrogens with zero attached hydrogens (tertiary/aromatic N) is 7. The number of ether oxygens (including phenoxy) is 1. The average Bonchev–Trinajstić information content (AvgIpc) is 3.25. The van der Waals surface area contributed by atoms with E-state index in [-0.39, 0.29) is 35.3 Å². The number of halogens is 6. The first-order valence-corrected chi connectivity index (χ1v) is 12.2. The number of nitrogens with one attached hydrogen (secondary N) is 2. The van der Waals surface area contributed by atoms with E-state index in [1.165, 1.54) is 31.4 Å². The number of aliphatic imine (C=N–C) groups is 1. The molecule has 0 aliphatic carbocycles.